The number of likely N-dealkylation sites (tertiary alicyclic amines) is 1. The molecule has 1 saturated heterocycles. The van der Waals surface area contributed by atoms with Crippen LogP contribution in [0.25, 0.3) is 0 Å². The molecule has 1 aliphatic heterocycles. The molecule has 2 nitrogen and oxygen atoms in total. The first-order chi connectivity index (χ1) is 6.24. The van der Waals surface area contributed by atoms with Gasteiger partial charge in [0.2, 0.25) is 0 Å². The van der Waals surface area contributed by atoms with Gasteiger partial charge in [-0.25, -0.2) is 0 Å². The topological polar surface area (TPSA) is 29.3 Å². The van der Waals surface area contributed by atoms with Crippen molar-refractivity contribution in [3.63, 3.8) is 0 Å². The fourth-order valence-electron chi connectivity index (χ4n) is 2.05. The van der Waals surface area contributed by atoms with Crippen LogP contribution in [0.15, 0.2) is 0 Å². The maximum Gasteiger partial charge on any atom is 0.0218 e. The molecule has 15 heavy (non-hydrogen) atoms. The normalized spacial score (nSPS) is 22.0. The van der Waals surface area contributed by atoms with Crippen molar-refractivity contribution in [2.24, 2.45) is 11.7 Å². The average molecular weight is 257 g/mol. The summed E-state index contributed by atoms with van der Waals surface area (Å²) in [6.07, 6.45) is 5.37. The first kappa shape index (κ1) is 17.9. The van der Waals surface area contributed by atoms with E-state index in [1.54, 1.807) is 0 Å². The summed E-state index contributed by atoms with van der Waals surface area (Å²) >= 11 is 0. The van der Waals surface area contributed by atoms with Gasteiger partial charge in [0.25, 0.3) is 0 Å². The minimum atomic E-state index is 0. The highest BCUT2D eigenvalue weighted by molar-refractivity contribution is 5.85. The van der Waals surface area contributed by atoms with E-state index in [-0.39, 0.29) is 24.8 Å². The van der Waals surface area contributed by atoms with Crippen LogP contribution in [0.1, 0.15) is 39.5 Å². The van der Waals surface area contributed by atoms with Crippen molar-refractivity contribution in [1.29, 1.82) is 0 Å². The maximum atomic E-state index is 5.76. The summed E-state index contributed by atoms with van der Waals surface area (Å²) in [5.74, 6) is 0.820. The van der Waals surface area contributed by atoms with Crippen LogP contribution in [-0.2, 0) is 0 Å². The highest BCUT2D eigenvalue weighted by atomic mass is 35.5. The Kier molecular flexibility index (Phi) is 11.6. The van der Waals surface area contributed by atoms with Gasteiger partial charge < -0.3 is 5.73 Å². The van der Waals surface area contributed by atoms with Gasteiger partial charge in [0.15, 0.2) is 0 Å². The Labute approximate surface area is 107 Å². The third kappa shape index (κ3) is 6.62. The van der Waals surface area contributed by atoms with Crippen molar-refractivity contribution in [3.05, 3.63) is 0 Å². The van der Waals surface area contributed by atoms with Gasteiger partial charge >= 0.3 is 0 Å². The molecule has 1 atom stereocenters. The highest BCUT2D eigenvalue weighted by Gasteiger charge is 2.20. The lowest BCUT2D eigenvalue weighted by Crippen LogP contribution is -2.44. The summed E-state index contributed by atoms with van der Waals surface area (Å²) in [5.41, 5.74) is 5.76. The molecule has 0 aliphatic carbocycles. The van der Waals surface area contributed by atoms with Crippen LogP contribution in [0.2, 0.25) is 0 Å². The second-order valence-corrected chi connectivity index (χ2v) is 4.60. The predicted octanol–water partition coefficient (Wildman–Crippen LogP) is 2.69. The van der Waals surface area contributed by atoms with Crippen LogP contribution >= 0.6 is 24.8 Å². The molecule has 4 heteroatoms. The lowest BCUT2D eigenvalue weighted by atomic mass is 10.0. The molecule has 1 aliphatic rings. The van der Waals surface area contributed by atoms with Gasteiger partial charge in [0.1, 0.15) is 0 Å². The van der Waals surface area contributed by atoms with Crippen molar-refractivity contribution in [3.8, 4) is 0 Å². The molecular formula is C11H26Cl2N2. The number of halogens is 2. The molecule has 1 heterocycles. The number of nitrogens with zero attached hydrogens (tertiary/aromatic N) is 1. The molecule has 0 aromatic heterocycles. The lowest BCUT2D eigenvalue weighted by Gasteiger charge is -2.35. The second kappa shape index (κ2) is 9.71. The van der Waals surface area contributed by atoms with E-state index in [2.05, 4.69) is 18.7 Å². The molecule has 1 fully saturated rings. The van der Waals surface area contributed by atoms with E-state index in [0.29, 0.717) is 6.04 Å². The molecule has 1 rings (SSSR count). The second-order valence-electron chi connectivity index (χ2n) is 4.60. The van der Waals surface area contributed by atoms with E-state index in [1.807, 2.05) is 0 Å². The number of rotatable bonds is 4. The Morgan fingerprint density at radius 2 is 1.93 bits per heavy atom. The molecule has 0 spiro atoms. The van der Waals surface area contributed by atoms with E-state index >= 15 is 0 Å². The number of piperidine rings is 1. The van der Waals surface area contributed by atoms with Gasteiger partial charge in [-0.15, -0.1) is 24.8 Å². The van der Waals surface area contributed by atoms with Crippen LogP contribution in [0, 0.1) is 5.92 Å². The van der Waals surface area contributed by atoms with Gasteiger partial charge in [0, 0.05) is 12.6 Å². The first-order valence-electron chi connectivity index (χ1n) is 5.68. The summed E-state index contributed by atoms with van der Waals surface area (Å²) in [6.45, 7) is 7.95. The Morgan fingerprint density at radius 1 is 1.27 bits per heavy atom. The van der Waals surface area contributed by atoms with Gasteiger partial charge in [-0.1, -0.05) is 20.3 Å². The van der Waals surface area contributed by atoms with Crippen LogP contribution < -0.4 is 5.73 Å². The van der Waals surface area contributed by atoms with Crippen LogP contribution in [-0.4, -0.2) is 30.6 Å². The van der Waals surface area contributed by atoms with Gasteiger partial charge in [-0.3, -0.25) is 4.90 Å². The van der Waals surface area contributed by atoms with E-state index < -0.39 is 0 Å². The van der Waals surface area contributed by atoms with Crippen LogP contribution in [0.3, 0.4) is 0 Å². The lowest BCUT2D eigenvalue weighted by molar-refractivity contribution is 0.145. The molecular weight excluding hydrogens is 231 g/mol. The minimum absolute atomic E-state index is 0. The number of hydrogen-bond donors (Lipinski definition) is 1. The third-order valence-electron chi connectivity index (χ3n) is 3.01. The molecule has 0 amide bonds. The summed E-state index contributed by atoms with van der Waals surface area (Å²) < 4.78 is 0. The Balaban J connectivity index is 0. The standard InChI is InChI=1S/C11H24N2.2ClH/c1-10(2)6-8-13-7-4-3-5-11(13)9-12;;/h10-11H,3-9,12H2,1-2H3;2*1H/t11-;;/m0../s1. The Hall–Kier alpha value is 0.500. The summed E-state index contributed by atoms with van der Waals surface area (Å²) in [6, 6.07) is 0.674. The van der Waals surface area contributed by atoms with Crippen molar-refractivity contribution in [2.45, 2.75) is 45.6 Å². The molecule has 0 aromatic carbocycles. The van der Waals surface area contributed by atoms with Crippen LogP contribution in [0.4, 0.5) is 0 Å². The molecule has 0 saturated carbocycles. The largest absolute Gasteiger partial charge is 0.329 e. The van der Waals surface area contributed by atoms with Gasteiger partial charge in [-0.2, -0.15) is 0 Å². The van der Waals surface area contributed by atoms with E-state index in [1.165, 1.54) is 38.8 Å². The smallest absolute Gasteiger partial charge is 0.0218 e. The molecule has 0 bridgehead atoms. The Bertz CT molecular complexity index is 143. The monoisotopic (exact) mass is 256 g/mol. The van der Waals surface area contributed by atoms with Crippen molar-refractivity contribution in [2.75, 3.05) is 19.6 Å². The number of nitrogens with two attached hydrogens (primary N) is 1. The zero-order chi connectivity index (χ0) is 9.68. The van der Waals surface area contributed by atoms with Crippen LogP contribution in [0.5, 0.6) is 0 Å². The van der Waals surface area contributed by atoms with E-state index in [4.69, 9.17) is 5.73 Å². The molecule has 94 valence electrons. The third-order valence-corrected chi connectivity index (χ3v) is 3.01. The van der Waals surface area contributed by atoms with Crippen molar-refractivity contribution < 1.29 is 0 Å². The summed E-state index contributed by atoms with van der Waals surface area (Å²) in [5, 5.41) is 0. The molecule has 0 aromatic rings. The van der Waals surface area contributed by atoms with Gasteiger partial charge in [-0.05, 0) is 38.3 Å². The van der Waals surface area contributed by atoms with Gasteiger partial charge in [0.05, 0.1) is 0 Å². The fraction of sp³-hybridized carbons (Fsp3) is 1.00. The zero-order valence-corrected chi connectivity index (χ0v) is 11.6. The quantitative estimate of drug-likeness (QED) is 0.839. The maximum absolute atomic E-state index is 5.76. The number of hydrogen-bond acceptors (Lipinski definition) is 2. The summed E-state index contributed by atoms with van der Waals surface area (Å²) in [4.78, 5) is 2.59. The Morgan fingerprint density at radius 3 is 2.47 bits per heavy atom. The zero-order valence-electron chi connectivity index (χ0n) is 9.95. The van der Waals surface area contributed by atoms with E-state index in [0.717, 1.165) is 12.5 Å². The molecule has 2 N–H and O–H groups in total. The van der Waals surface area contributed by atoms with Crippen molar-refractivity contribution >= 4 is 24.8 Å². The predicted molar refractivity (Wildman–Crippen MR) is 72.2 cm³/mol. The highest BCUT2D eigenvalue weighted by Crippen LogP contribution is 2.17. The molecule has 0 unspecified atom stereocenters. The first-order valence-corrected chi connectivity index (χ1v) is 5.68. The average Bonchev–Trinajstić information content (AvgIpc) is 2.15. The minimum Gasteiger partial charge on any atom is -0.329 e. The fourth-order valence-corrected chi connectivity index (χ4v) is 2.05. The van der Waals surface area contributed by atoms with E-state index in [9.17, 15) is 0 Å². The summed E-state index contributed by atoms with van der Waals surface area (Å²) in [7, 11) is 0. The molecule has 0 radical (unpaired) electrons. The SMILES string of the molecule is CC(C)CCN1CCCC[C@H]1CN.Cl.Cl. The van der Waals surface area contributed by atoms with Crippen molar-refractivity contribution in [1.82, 2.24) is 4.90 Å².